The van der Waals surface area contributed by atoms with Gasteiger partial charge in [0.25, 0.3) is 0 Å². The molecule has 0 bridgehead atoms. The molecule has 0 spiro atoms. The number of carbonyl (C=O) groups is 4. The number of hydrazine groups is 1. The third kappa shape index (κ3) is 5.38. The van der Waals surface area contributed by atoms with Crippen molar-refractivity contribution < 1.29 is 19.2 Å². The molecule has 4 atom stereocenters. The maximum absolute atomic E-state index is 13.5. The van der Waals surface area contributed by atoms with Crippen LogP contribution >= 0.6 is 0 Å². The molecule has 10 heteroatoms. The number of amides is 5. The lowest BCUT2D eigenvalue weighted by molar-refractivity contribution is -0.157. The van der Waals surface area contributed by atoms with E-state index in [-0.39, 0.29) is 54.7 Å². The zero-order valence-corrected chi connectivity index (χ0v) is 21.0. The Morgan fingerprint density at radius 2 is 1.94 bits per heavy atom. The molecule has 36 heavy (non-hydrogen) atoms. The lowest BCUT2D eigenvalue weighted by Gasteiger charge is -2.49. The van der Waals surface area contributed by atoms with Gasteiger partial charge in [-0.05, 0) is 45.1 Å². The molecule has 194 valence electrons. The van der Waals surface area contributed by atoms with Crippen molar-refractivity contribution in [1.29, 1.82) is 0 Å². The van der Waals surface area contributed by atoms with Crippen LogP contribution in [0.5, 0.6) is 0 Å². The molecule has 3 fully saturated rings. The van der Waals surface area contributed by atoms with Crippen LogP contribution in [0.15, 0.2) is 43.0 Å². The Morgan fingerprint density at radius 1 is 1.19 bits per heavy atom. The van der Waals surface area contributed by atoms with Crippen LogP contribution < -0.4 is 16.1 Å². The number of urea groups is 1. The third-order valence-corrected chi connectivity index (χ3v) is 7.06. The van der Waals surface area contributed by atoms with Crippen LogP contribution in [0.4, 0.5) is 4.79 Å². The van der Waals surface area contributed by atoms with Crippen molar-refractivity contribution in [3.63, 3.8) is 0 Å². The quantitative estimate of drug-likeness (QED) is 0.445. The number of carbonyl (C=O) groups excluding carboxylic acids is 4. The summed E-state index contributed by atoms with van der Waals surface area (Å²) in [6, 6.07) is 9.08. The molecule has 4 unspecified atom stereocenters. The smallest absolute Gasteiger partial charge is 0.337 e. The van der Waals surface area contributed by atoms with Crippen LogP contribution in [-0.4, -0.2) is 76.6 Å². The SMILES string of the molecule is C=CCN1C(=O)C2CCC(C(=O)NC(C)C)CC2N2C(=O)N(CC(=O)NCCc3ccccc3)NC12. The molecule has 1 aromatic carbocycles. The molecule has 3 aliphatic rings. The van der Waals surface area contributed by atoms with E-state index in [9.17, 15) is 19.2 Å². The molecular weight excluding hydrogens is 460 g/mol. The minimum atomic E-state index is -0.715. The van der Waals surface area contributed by atoms with Gasteiger partial charge < -0.3 is 15.5 Å². The van der Waals surface area contributed by atoms with Crippen LogP contribution in [-0.2, 0) is 20.8 Å². The number of fused-ring (bicyclic) bond motifs is 3. The summed E-state index contributed by atoms with van der Waals surface area (Å²) in [5, 5.41) is 7.09. The van der Waals surface area contributed by atoms with Gasteiger partial charge in [0.15, 0.2) is 6.29 Å². The van der Waals surface area contributed by atoms with Gasteiger partial charge in [-0.3, -0.25) is 19.3 Å². The molecule has 5 amide bonds. The summed E-state index contributed by atoms with van der Waals surface area (Å²) < 4.78 is 0. The Bertz CT molecular complexity index is 999. The van der Waals surface area contributed by atoms with Crippen LogP contribution in [0.25, 0.3) is 0 Å². The average molecular weight is 497 g/mol. The molecule has 2 saturated heterocycles. The van der Waals surface area contributed by atoms with Gasteiger partial charge in [-0.1, -0.05) is 36.4 Å². The van der Waals surface area contributed by atoms with Crippen molar-refractivity contribution in [2.24, 2.45) is 11.8 Å². The Hall–Kier alpha value is -3.40. The van der Waals surface area contributed by atoms with Gasteiger partial charge in [0.1, 0.15) is 6.54 Å². The molecule has 1 aromatic rings. The molecule has 4 rings (SSSR count). The van der Waals surface area contributed by atoms with Crippen molar-refractivity contribution in [3.8, 4) is 0 Å². The highest BCUT2D eigenvalue weighted by atomic mass is 16.2. The first-order valence-corrected chi connectivity index (χ1v) is 12.7. The molecule has 2 heterocycles. The van der Waals surface area contributed by atoms with E-state index >= 15 is 0 Å². The topological polar surface area (TPSA) is 114 Å². The van der Waals surface area contributed by atoms with Crippen LogP contribution in [0.3, 0.4) is 0 Å². The Kier molecular flexibility index (Phi) is 7.93. The predicted octanol–water partition coefficient (Wildman–Crippen LogP) is 1.21. The zero-order chi connectivity index (χ0) is 25.8. The van der Waals surface area contributed by atoms with E-state index in [1.54, 1.807) is 15.9 Å². The molecule has 1 aliphatic carbocycles. The summed E-state index contributed by atoms with van der Waals surface area (Å²) in [7, 11) is 0. The maximum atomic E-state index is 13.5. The van der Waals surface area contributed by atoms with Crippen molar-refractivity contribution >= 4 is 23.8 Å². The van der Waals surface area contributed by atoms with Crippen molar-refractivity contribution in [2.75, 3.05) is 19.6 Å². The fourth-order valence-electron chi connectivity index (χ4n) is 5.39. The summed E-state index contributed by atoms with van der Waals surface area (Å²) in [5.41, 5.74) is 4.18. The summed E-state index contributed by atoms with van der Waals surface area (Å²) >= 11 is 0. The van der Waals surface area contributed by atoms with Crippen LogP contribution in [0.1, 0.15) is 38.7 Å². The molecule has 2 aliphatic heterocycles. The van der Waals surface area contributed by atoms with Gasteiger partial charge in [0.2, 0.25) is 17.7 Å². The maximum Gasteiger partial charge on any atom is 0.337 e. The van der Waals surface area contributed by atoms with Gasteiger partial charge in [-0.2, -0.15) is 5.43 Å². The van der Waals surface area contributed by atoms with E-state index in [4.69, 9.17) is 0 Å². The Labute approximate surface area is 212 Å². The number of nitrogens with zero attached hydrogens (tertiary/aromatic N) is 3. The second kappa shape index (κ2) is 11.1. The van der Waals surface area contributed by atoms with E-state index < -0.39 is 12.3 Å². The summed E-state index contributed by atoms with van der Waals surface area (Å²) in [6.45, 7) is 8.14. The molecular formula is C26H36N6O4. The predicted molar refractivity (Wildman–Crippen MR) is 134 cm³/mol. The molecule has 0 radical (unpaired) electrons. The largest absolute Gasteiger partial charge is 0.354 e. The summed E-state index contributed by atoms with van der Waals surface area (Å²) in [4.78, 5) is 55.4. The molecule has 0 aromatic heterocycles. The second-order valence-electron chi connectivity index (χ2n) is 9.99. The minimum absolute atomic E-state index is 0.0185. The van der Waals surface area contributed by atoms with E-state index in [1.807, 2.05) is 44.2 Å². The second-order valence-corrected chi connectivity index (χ2v) is 9.99. The zero-order valence-electron chi connectivity index (χ0n) is 21.0. The van der Waals surface area contributed by atoms with Crippen molar-refractivity contribution in [3.05, 3.63) is 48.6 Å². The number of nitrogens with one attached hydrogen (secondary N) is 3. The Balaban J connectivity index is 1.44. The molecule has 3 N–H and O–H groups in total. The van der Waals surface area contributed by atoms with Gasteiger partial charge >= 0.3 is 6.03 Å². The summed E-state index contributed by atoms with van der Waals surface area (Å²) in [5.74, 6) is -1.04. The first-order valence-electron chi connectivity index (χ1n) is 12.7. The normalized spacial score (nSPS) is 25.5. The number of hydrogen-bond donors (Lipinski definition) is 3. The highest BCUT2D eigenvalue weighted by Crippen LogP contribution is 2.40. The average Bonchev–Trinajstić information content (AvgIpc) is 3.17. The van der Waals surface area contributed by atoms with Gasteiger partial charge in [-0.25, -0.2) is 9.80 Å². The number of benzene rings is 1. The van der Waals surface area contributed by atoms with Gasteiger partial charge in [0, 0.05) is 31.1 Å². The number of rotatable bonds is 9. The van der Waals surface area contributed by atoms with E-state index in [0.29, 0.717) is 32.2 Å². The molecule has 10 nitrogen and oxygen atoms in total. The van der Waals surface area contributed by atoms with Gasteiger partial charge in [0.05, 0.1) is 5.92 Å². The lowest BCUT2D eigenvalue weighted by atomic mass is 9.75. The molecule has 1 saturated carbocycles. The van der Waals surface area contributed by atoms with Gasteiger partial charge in [-0.15, -0.1) is 6.58 Å². The van der Waals surface area contributed by atoms with E-state index in [2.05, 4.69) is 22.6 Å². The van der Waals surface area contributed by atoms with Crippen molar-refractivity contribution in [2.45, 2.75) is 57.9 Å². The summed E-state index contributed by atoms with van der Waals surface area (Å²) in [6.07, 6.45) is 3.15. The fourth-order valence-corrected chi connectivity index (χ4v) is 5.39. The highest BCUT2D eigenvalue weighted by Gasteiger charge is 2.56. The fraction of sp³-hybridized carbons (Fsp3) is 0.538. The number of hydrogen-bond acceptors (Lipinski definition) is 5. The first kappa shape index (κ1) is 25.7. The third-order valence-electron chi connectivity index (χ3n) is 7.06. The lowest BCUT2D eigenvalue weighted by Crippen LogP contribution is -2.67. The monoisotopic (exact) mass is 496 g/mol. The standard InChI is InChI=1S/C26H36N6O4/c1-4-14-30-24(35)20-11-10-19(23(34)28-17(2)3)15-21(20)32-25(30)29-31(26(32)36)16-22(33)27-13-12-18-8-6-5-7-9-18/h4-9,17,19-21,25,29H,1,10-16H2,2-3H3,(H,27,33)(H,28,34). The van der Waals surface area contributed by atoms with Crippen LogP contribution in [0.2, 0.25) is 0 Å². The minimum Gasteiger partial charge on any atom is -0.354 e. The Morgan fingerprint density at radius 3 is 2.64 bits per heavy atom. The van der Waals surface area contributed by atoms with Crippen molar-refractivity contribution in [1.82, 2.24) is 30.9 Å². The van der Waals surface area contributed by atoms with Crippen LogP contribution in [0, 0.1) is 11.8 Å². The van der Waals surface area contributed by atoms with E-state index in [1.165, 1.54) is 5.01 Å². The van der Waals surface area contributed by atoms with E-state index in [0.717, 1.165) is 5.56 Å². The highest BCUT2D eigenvalue weighted by molar-refractivity contribution is 5.89. The first-order chi connectivity index (χ1) is 17.3.